The molecule has 1 saturated heterocycles. The zero-order chi connectivity index (χ0) is 17.2. The predicted octanol–water partition coefficient (Wildman–Crippen LogP) is 2.85. The van der Waals surface area contributed by atoms with Crippen LogP contribution in [0.25, 0.3) is 22.2 Å². The molecule has 4 rings (SSSR count). The van der Waals surface area contributed by atoms with Crippen LogP contribution in [0.1, 0.15) is 11.1 Å². The molecule has 1 N–H and O–H groups in total. The second kappa shape index (κ2) is 6.67. The molecule has 3 heterocycles. The zero-order valence-corrected chi connectivity index (χ0v) is 14.4. The summed E-state index contributed by atoms with van der Waals surface area (Å²) in [6, 6.07) is 12.9. The van der Waals surface area contributed by atoms with Gasteiger partial charge in [0, 0.05) is 50.5 Å². The van der Waals surface area contributed by atoms with Crippen molar-refractivity contribution in [2.24, 2.45) is 0 Å². The van der Waals surface area contributed by atoms with Gasteiger partial charge < -0.3 is 9.88 Å². The number of piperazine rings is 1. The second-order valence-corrected chi connectivity index (χ2v) is 6.67. The molecule has 2 aromatic heterocycles. The third kappa shape index (κ3) is 3.14. The van der Waals surface area contributed by atoms with Crippen molar-refractivity contribution in [2.75, 3.05) is 33.2 Å². The molecule has 1 aliphatic heterocycles. The number of hydrogen-bond acceptors (Lipinski definition) is 4. The number of nitriles is 1. The fourth-order valence-corrected chi connectivity index (χ4v) is 3.44. The largest absolute Gasteiger partial charge is 0.345 e. The smallest absolute Gasteiger partial charge is 0.139 e. The van der Waals surface area contributed by atoms with Gasteiger partial charge in [0.05, 0.1) is 5.56 Å². The first-order valence-electron chi connectivity index (χ1n) is 8.61. The molecule has 126 valence electrons. The molecule has 0 aliphatic carbocycles. The normalized spacial score (nSPS) is 16.2. The number of rotatable bonds is 3. The highest BCUT2D eigenvalue weighted by molar-refractivity contribution is 5.97. The topological polar surface area (TPSA) is 58.9 Å². The first kappa shape index (κ1) is 15.8. The van der Waals surface area contributed by atoms with Crippen LogP contribution in [-0.4, -0.2) is 53.0 Å². The fourth-order valence-electron chi connectivity index (χ4n) is 3.44. The summed E-state index contributed by atoms with van der Waals surface area (Å²) < 4.78 is 0. The number of hydrogen-bond donors (Lipinski definition) is 1. The molecule has 0 amide bonds. The average molecular weight is 331 g/mol. The highest BCUT2D eigenvalue weighted by atomic mass is 15.2. The minimum Gasteiger partial charge on any atom is -0.345 e. The van der Waals surface area contributed by atoms with Crippen LogP contribution >= 0.6 is 0 Å². The van der Waals surface area contributed by atoms with Gasteiger partial charge in [-0.25, -0.2) is 4.98 Å². The second-order valence-electron chi connectivity index (χ2n) is 6.67. The van der Waals surface area contributed by atoms with Crippen molar-refractivity contribution in [3.05, 3.63) is 53.9 Å². The highest BCUT2D eigenvalue weighted by Gasteiger charge is 2.14. The van der Waals surface area contributed by atoms with Gasteiger partial charge in [0.15, 0.2) is 0 Å². The van der Waals surface area contributed by atoms with Gasteiger partial charge in [0.1, 0.15) is 11.7 Å². The lowest BCUT2D eigenvalue weighted by molar-refractivity contribution is 0.148. The molecule has 0 unspecified atom stereocenters. The molecule has 1 aromatic carbocycles. The number of likely N-dealkylation sites (N-methyl/N-ethyl adjacent to an activating group) is 1. The lowest BCUT2D eigenvalue weighted by Crippen LogP contribution is -2.43. The van der Waals surface area contributed by atoms with Crippen LogP contribution in [0.5, 0.6) is 0 Å². The van der Waals surface area contributed by atoms with Gasteiger partial charge in [-0.3, -0.25) is 4.90 Å². The lowest BCUT2D eigenvalue weighted by Gasteiger charge is -2.32. The van der Waals surface area contributed by atoms with Crippen molar-refractivity contribution in [3.8, 4) is 17.2 Å². The van der Waals surface area contributed by atoms with E-state index in [1.165, 1.54) is 5.56 Å². The Morgan fingerprint density at radius 3 is 2.60 bits per heavy atom. The summed E-state index contributed by atoms with van der Waals surface area (Å²) in [6.45, 7) is 5.51. The van der Waals surface area contributed by atoms with Crippen LogP contribution in [0.4, 0.5) is 0 Å². The maximum atomic E-state index is 9.33. The minimum atomic E-state index is 0.639. The molecular weight excluding hydrogens is 310 g/mol. The van der Waals surface area contributed by atoms with Crippen molar-refractivity contribution in [2.45, 2.75) is 6.54 Å². The van der Waals surface area contributed by atoms with E-state index >= 15 is 0 Å². The monoisotopic (exact) mass is 331 g/mol. The number of nitrogens with one attached hydrogen (secondary N) is 1. The Morgan fingerprint density at radius 2 is 1.88 bits per heavy atom. The summed E-state index contributed by atoms with van der Waals surface area (Å²) in [4.78, 5) is 12.3. The zero-order valence-electron chi connectivity index (χ0n) is 14.4. The van der Waals surface area contributed by atoms with Crippen molar-refractivity contribution < 1.29 is 0 Å². The van der Waals surface area contributed by atoms with E-state index in [9.17, 15) is 5.26 Å². The number of pyridine rings is 1. The molecule has 5 heteroatoms. The van der Waals surface area contributed by atoms with Crippen LogP contribution in [0.2, 0.25) is 0 Å². The van der Waals surface area contributed by atoms with Gasteiger partial charge >= 0.3 is 0 Å². The summed E-state index contributed by atoms with van der Waals surface area (Å²) in [5.41, 5.74) is 4.89. The first-order valence-corrected chi connectivity index (χ1v) is 8.61. The Balaban J connectivity index is 1.59. The van der Waals surface area contributed by atoms with Crippen molar-refractivity contribution >= 4 is 11.0 Å². The molecule has 0 atom stereocenters. The first-order chi connectivity index (χ1) is 12.2. The summed E-state index contributed by atoms with van der Waals surface area (Å²) >= 11 is 0. The third-order valence-electron chi connectivity index (χ3n) is 4.96. The van der Waals surface area contributed by atoms with E-state index in [4.69, 9.17) is 0 Å². The molecule has 25 heavy (non-hydrogen) atoms. The Morgan fingerprint density at radius 1 is 1.12 bits per heavy atom. The maximum Gasteiger partial charge on any atom is 0.139 e. The number of nitrogens with zero attached hydrogens (tertiary/aromatic N) is 4. The fraction of sp³-hybridized carbons (Fsp3) is 0.300. The molecule has 0 radical (unpaired) electrons. The Labute approximate surface area is 147 Å². The number of H-pyrrole nitrogens is 1. The standard InChI is InChI=1S/C20H21N5/c1-24-8-10-25(11-9-24)14-15-2-4-16(5-3-15)18-6-7-22-20-19(18)17(12-21)13-23-20/h2-7,13H,8-11,14H2,1H3,(H,22,23). The molecule has 1 aliphatic rings. The van der Waals surface area contributed by atoms with Crippen molar-refractivity contribution in [1.82, 2.24) is 19.8 Å². The van der Waals surface area contributed by atoms with Crippen LogP contribution < -0.4 is 0 Å². The summed E-state index contributed by atoms with van der Waals surface area (Å²) in [7, 11) is 2.18. The number of benzene rings is 1. The molecule has 0 bridgehead atoms. The van der Waals surface area contributed by atoms with Gasteiger partial charge in [-0.15, -0.1) is 0 Å². The Kier molecular flexibility index (Phi) is 4.22. The number of aromatic amines is 1. The average Bonchev–Trinajstić information content (AvgIpc) is 3.08. The van der Waals surface area contributed by atoms with E-state index in [0.29, 0.717) is 5.56 Å². The van der Waals surface area contributed by atoms with Gasteiger partial charge in [-0.05, 0) is 29.8 Å². The van der Waals surface area contributed by atoms with E-state index in [2.05, 4.69) is 57.2 Å². The van der Waals surface area contributed by atoms with E-state index in [0.717, 1.165) is 54.9 Å². The van der Waals surface area contributed by atoms with Crippen molar-refractivity contribution in [1.29, 1.82) is 5.26 Å². The summed E-state index contributed by atoms with van der Waals surface area (Å²) in [5, 5.41) is 10.2. The lowest BCUT2D eigenvalue weighted by atomic mass is 10.0. The Hall–Kier alpha value is -2.68. The van der Waals surface area contributed by atoms with E-state index in [-0.39, 0.29) is 0 Å². The summed E-state index contributed by atoms with van der Waals surface area (Å²) in [6.07, 6.45) is 3.51. The Bertz CT molecular complexity index is 911. The molecule has 0 saturated carbocycles. The minimum absolute atomic E-state index is 0.639. The number of aromatic nitrogens is 2. The number of fused-ring (bicyclic) bond motifs is 1. The van der Waals surface area contributed by atoms with Crippen LogP contribution in [0.15, 0.2) is 42.7 Å². The van der Waals surface area contributed by atoms with E-state index < -0.39 is 0 Å². The van der Waals surface area contributed by atoms with Crippen molar-refractivity contribution in [3.63, 3.8) is 0 Å². The summed E-state index contributed by atoms with van der Waals surface area (Å²) in [5.74, 6) is 0. The van der Waals surface area contributed by atoms with Crippen LogP contribution in [0.3, 0.4) is 0 Å². The van der Waals surface area contributed by atoms with Crippen LogP contribution in [0, 0.1) is 11.3 Å². The molecule has 5 nitrogen and oxygen atoms in total. The molecule has 0 spiro atoms. The SMILES string of the molecule is CN1CCN(Cc2ccc(-c3ccnc4[nH]cc(C#N)c34)cc2)CC1. The van der Waals surface area contributed by atoms with E-state index in [1.807, 2.05) is 6.07 Å². The highest BCUT2D eigenvalue weighted by Crippen LogP contribution is 2.30. The molecular formula is C20H21N5. The quantitative estimate of drug-likeness (QED) is 0.802. The van der Waals surface area contributed by atoms with Gasteiger partial charge in [0.25, 0.3) is 0 Å². The molecule has 1 fully saturated rings. The van der Waals surface area contributed by atoms with Gasteiger partial charge in [-0.2, -0.15) is 5.26 Å². The van der Waals surface area contributed by atoms with E-state index in [1.54, 1.807) is 12.4 Å². The van der Waals surface area contributed by atoms with Gasteiger partial charge in [0.2, 0.25) is 0 Å². The third-order valence-corrected chi connectivity index (χ3v) is 4.96. The predicted molar refractivity (Wildman–Crippen MR) is 99.0 cm³/mol. The van der Waals surface area contributed by atoms with Gasteiger partial charge in [-0.1, -0.05) is 24.3 Å². The molecule has 3 aromatic rings. The maximum absolute atomic E-state index is 9.33. The van der Waals surface area contributed by atoms with Crippen LogP contribution in [-0.2, 0) is 6.54 Å².